The van der Waals surface area contributed by atoms with Crippen LogP contribution >= 0.6 is 0 Å². The number of imide groups is 2. The van der Waals surface area contributed by atoms with Crippen LogP contribution in [0.15, 0.2) is 97.1 Å². The lowest BCUT2D eigenvalue weighted by Crippen LogP contribution is -2.30. The van der Waals surface area contributed by atoms with Gasteiger partial charge in [0.05, 0.1) is 22.1 Å². The van der Waals surface area contributed by atoms with Crippen molar-refractivity contribution in [3.8, 4) is 117 Å². The molecule has 554 valence electrons. The SMILES string of the molecule is CCCCCCC1c2cc3c4cc2Oc2nc5c6nc2Oc2cc7c(cc21)C(CCCCCC)c1cc2c(cc1Oc1nc8ccccc8nc1O7)Oc1nc7c(nc1Oc1cc(c(cc1C2CCCCCC)C3CCCCCC)Oc1nc2ccccc2nc1O4)C(=O)N(CCC#CC#CCCN(C5=O)C6=O)C7=O. The van der Waals surface area contributed by atoms with E-state index in [9.17, 15) is 19.2 Å². The average Bonchev–Trinajstić information content (AvgIpc) is 1.50. The maximum absolute atomic E-state index is 14.9. The van der Waals surface area contributed by atoms with Crippen molar-refractivity contribution < 1.29 is 57.1 Å². The molecule has 20 rings (SSSR count). The van der Waals surface area contributed by atoms with E-state index in [1.165, 1.54) is 0 Å². The largest absolute Gasteiger partial charge is 0.434 e. The Morgan fingerprint density at radius 3 is 0.736 bits per heavy atom. The number of carbonyl (C=O) groups is 4. The zero-order valence-corrected chi connectivity index (χ0v) is 61.9. The zero-order chi connectivity index (χ0) is 74.7. The fourth-order valence-electron chi connectivity index (χ4n) is 16.6. The molecular weight excluding hydrogens is 1390 g/mol. The van der Waals surface area contributed by atoms with E-state index in [1.54, 1.807) is 0 Å². The molecule has 10 aromatic rings. The minimum absolute atomic E-state index is 0.0359. The Morgan fingerprint density at radius 1 is 0.300 bits per heavy atom. The number of para-hydroxylation sites is 4. The number of fused-ring (bicyclic) bond motifs is 4. The van der Waals surface area contributed by atoms with Gasteiger partial charge in [0.25, 0.3) is 70.7 Å². The van der Waals surface area contributed by atoms with Gasteiger partial charge in [0.15, 0.2) is 22.8 Å². The monoisotopic (exact) mass is 1470 g/mol. The zero-order valence-electron chi connectivity index (χ0n) is 61.9. The van der Waals surface area contributed by atoms with E-state index in [1.807, 2.05) is 72.8 Å². The number of unbranched alkanes of at least 4 members (excludes halogenated alkanes) is 12. The van der Waals surface area contributed by atoms with E-state index in [0.717, 1.165) is 157 Å². The summed E-state index contributed by atoms with van der Waals surface area (Å²) in [5.74, 6) is 8.82. The van der Waals surface area contributed by atoms with Gasteiger partial charge in [0, 0.05) is 118 Å². The Labute approximate surface area is 636 Å². The van der Waals surface area contributed by atoms with Gasteiger partial charge in [-0.05, 0) is 86.1 Å². The first-order valence-electron chi connectivity index (χ1n) is 39.2. The van der Waals surface area contributed by atoms with Gasteiger partial charge < -0.3 is 37.9 Å². The van der Waals surface area contributed by atoms with E-state index in [4.69, 9.17) is 77.8 Å². The summed E-state index contributed by atoms with van der Waals surface area (Å²) in [7, 11) is 0. The molecule has 0 unspecified atom stereocenters. The average molecular weight is 1470 g/mol. The fourth-order valence-corrected chi connectivity index (χ4v) is 16.6. The summed E-state index contributed by atoms with van der Waals surface area (Å²) in [6.45, 7) is 8.54. The summed E-state index contributed by atoms with van der Waals surface area (Å²) in [5, 5.41) is 0. The third-order valence-electron chi connectivity index (χ3n) is 22.2. The van der Waals surface area contributed by atoms with Crippen molar-refractivity contribution in [3.05, 3.63) is 164 Å². The first-order chi connectivity index (χ1) is 54.0. The molecule has 0 radical (unpaired) electrons. The van der Waals surface area contributed by atoms with Crippen LogP contribution in [0.5, 0.6) is 93.0 Å². The van der Waals surface area contributed by atoms with Gasteiger partial charge in [0.1, 0.15) is 46.0 Å². The van der Waals surface area contributed by atoms with Crippen molar-refractivity contribution in [2.75, 3.05) is 13.1 Å². The van der Waals surface area contributed by atoms with Crippen LogP contribution in [0.1, 0.15) is 279 Å². The Kier molecular flexibility index (Phi) is 18.7. The summed E-state index contributed by atoms with van der Waals surface area (Å²) in [6, 6.07) is 31.5. The minimum Gasteiger partial charge on any atom is -0.434 e. The maximum Gasteiger partial charge on any atom is 0.284 e. The molecule has 0 atom stereocenters. The summed E-state index contributed by atoms with van der Waals surface area (Å²) in [6.07, 6.45) is 17.1. The van der Waals surface area contributed by atoms with Gasteiger partial charge in [-0.1, -0.05) is 167 Å². The number of rotatable bonds is 20. The minimum atomic E-state index is -0.704. The first kappa shape index (κ1) is 69.7. The van der Waals surface area contributed by atoms with Gasteiger partial charge >= 0.3 is 0 Å². The van der Waals surface area contributed by atoms with E-state index < -0.39 is 47.3 Å². The van der Waals surface area contributed by atoms with Gasteiger partial charge in [-0.25, -0.2) is 39.9 Å². The predicted molar refractivity (Wildman–Crippen MR) is 407 cm³/mol. The number of carbonyl (C=O) groups excluding carboxylic acids is 4. The third kappa shape index (κ3) is 12.7. The first-order valence-corrected chi connectivity index (χ1v) is 39.2. The molecule has 22 nitrogen and oxygen atoms in total. The Morgan fingerprint density at radius 2 is 0.518 bits per heavy atom. The molecule has 0 saturated heterocycles. The number of ether oxygens (including phenoxy) is 8. The molecule has 24 bridgehead atoms. The molecule has 4 aromatic heterocycles. The van der Waals surface area contributed by atoms with E-state index in [0.29, 0.717) is 93.7 Å². The molecule has 10 aliphatic rings. The normalized spacial score (nSPS) is 17.6. The van der Waals surface area contributed by atoms with Gasteiger partial charge in [-0.3, -0.25) is 29.0 Å². The molecule has 14 heterocycles. The highest BCUT2D eigenvalue weighted by Crippen LogP contribution is 2.59. The third-order valence-corrected chi connectivity index (χ3v) is 22.2. The van der Waals surface area contributed by atoms with Gasteiger partial charge in [-0.15, -0.1) is 0 Å². The standard InChI is InChI=1S/C88H80N10O12/c1-5-9-13-21-31-49-53-41-57-51(33-23-15-11-7-3)59-43-55-50(32-22-14-10-6-2)56-44-60-52(34-24-16-12-8-4)58-42-54(49)66-46-70(58)108-82-84-96-76-74(94-82)86(100)98(88(76)102)40-30-20-18-17-19-29-39-97-85(99)73-75(87(97)101)95-83(81(93-73)107-69(57)45-65(53)103-77-78(104-66)90-62-36-26-25-35-61(62)89-77)109-71(59)47-67(55)105-79-80(106-68(56)48-72(60)110-84)92-64-38-28-27-37-63(64)91-79/h25-28,35-38,41-52H,5-16,21-24,29-34,39-40H2,1-4H3. The highest BCUT2D eigenvalue weighted by molar-refractivity contribution is 6.20. The summed E-state index contributed by atoms with van der Waals surface area (Å²) < 4.78 is 59.4. The van der Waals surface area contributed by atoms with Gasteiger partial charge in [-0.2, -0.15) is 0 Å². The summed E-state index contributed by atoms with van der Waals surface area (Å²) >= 11 is 0. The molecule has 6 aromatic carbocycles. The molecule has 22 heteroatoms. The van der Waals surface area contributed by atoms with E-state index in [2.05, 4.69) is 75.6 Å². The lowest BCUT2D eigenvalue weighted by Gasteiger charge is -2.30. The van der Waals surface area contributed by atoms with Crippen molar-refractivity contribution in [3.63, 3.8) is 0 Å². The molecule has 10 aliphatic heterocycles. The molecule has 0 spiro atoms. The Hall–Kier alpha value is -12.0. The van der Waals surface area contributed by atoms with Crippen molar-refractivity contribution >= 4 is 45.7 Å². The van der Waals surface area contributed by atoms with Crippen LogP contribution in [-0.4, -0.2) is 86.4 Å². The summed E-state index contributed by atoms with van der Waals surface area (Å²) in [4.78, 5) is 103. The second kappa shape index (κ2) is 29.5. The second-order valence-corrected chi connectivity index (χ2v) is 29.5. The van der Waals surface area contributed by atoms with Gasteiger partial charge in [0.2, 0.25) is 0 Å². The summed E-state index contributed by atoms with van der Waals surface area (Å²) in [5.41, 5.74) is 7.37. The topological polar surface area (TPSA) is 252 Å². The molecule has 0 saturated carbocycles. The fraction of sp³-hybridized carbons (Fsp3) is 0.364. The van der Waals surface area contributed by atoms with Crippen LogP contribution in [0.25, 0.3) is 22.1 Å². The van der Waals surface area contributed by atoms with Crippen LogP contribution in [0.2, 0.25) is 0 Å². The molecular formula is C88H80N10O12. The van der Waals surface area contributed by atoms with Crippen molar-refractivity contribution in [1.82, 2.24) is 49.7 Å². The lowest BCUT2D eigenvalue weighted by molar-refractivity contribution is 0.0638. The number of benzene rings is 6. The van der Waals surface area contributed by atoms with E-state index in [-0.39, 0.29) is 95.7 Å². The smallest absolute Gasteiger partial charge is 0.284 e. The number of hydrogen-bond acceptors (Lipinski definition) is 20. The van der Waals surface area contributed by atoms with Crippen molar-refractivity contribution in [2.45, 2.75) is 193 Å². The maximum atomic E-state index is 14.9. The second-order valence-electron chi connectivity index (χ2n) is 29.5. The van der Waals surface area contributed by atoms with Crippen LogP contribution in [0, 0.1) is 23.7 Å². The molecule has 0 aliphatic carbocycles. The number of hydrogen-bond donors (Lipinski definition) is 0. The van der Waals surface area contributed by atoms with Crippen LogP contribution in [0.3, 0.4) is 0 Å². The molecule has 0 N–H and O–H groups in total. The van der Waals surface area contributed by atoms with Crippen molar-refractivity contribution in [2.24, 2.45) is 0 Å². The Balaban J connectivity index is 1.02. The highest BCUT2D eigenvalue weighted by Gasteiger charge is 2.45. The van der Waals surface area contributed by atoms with Crippen LogP contribution in [0.4, 0.5) is 0 Å². The van der Waals surface area contributed by atoms with Crippen LogP contribution in [-0.2, 0) is 0 Å². The Bertz CT molecular complexity index is 4990. The predicted octanol–water partition coefficient (Wildman–Crippen LogP) is 20.5. The number of aromatic nitrogens is 8. The quantitative estimate of drug-likeness (QED) is 0.0390. The number of amides is 4. The number of nitrogens with zero attached hydrogens (tertiary/aromatic N) is 10. The van der Waals surface area contributed by atoms with E-state index >= 15 is 0 Å². The van der Waals surface area contributed by atoms with Crippen LogP contribution < -0.4 is 37.9 Å². The van der Waals surface area contributed by atoms with Crippen molar-refractivity contribution in [1.29, 1.82) is 0 Å². The molecule has 0 fully saturated rings. The molecule has 4 amide bonds. The lowest BCUT2D eigenvalue weighted by atomic mass is 9.76. The highest BCUT2D eigenvalue weighted by atomic mass is 16.6. The molecule has 110 heavy (non-hydrogen) atoms.